The van der Waals surface area contributed by atoms with E-state index in [4.69, 9.17) is 9.84 Å². The molecule has 1 rings (SSSR count). The highest BCUT2D eigenvalue weighted by molar-refractivity contribution is 9.10. The second-order valence-corrected chi connectivity index (χ2v) is 5.05. The van der Waals surface area contributed by atoms with E-state index >= 15 is 0 Å². The van der Waals surface area contributed by atoms with Gasteiger partial charge in [0.15, 0.2) is 0 Å². The Hall–Kier alpha value is -1.07. The van der Waals surface area contributed by atoms with Gasteiger partial charge in [-0.25, -0.2) is 0 Å². The minimum absolute atomic E-state index is 0.478. The molecule has 0 bridgehead atoms. The summed E-state index contributed by atoms with van der Waals surface area (Å²) in [4.78, 5) is 12.9. The molecule has 1 unspecified atom stereocenters. The number of rotatable bonds is 6. The van der Waals surface area contributed by atoms with Gasteiger partial charge in [-0.2, -0.15) is 0 Å². The van der Waals surface area contributed by atoms with Crippen molar-refractivity contribution >= 4 is 21.9 Å². The van der Waals surface area contributed by atoms with Gasteiger partial charge >= 0.3 is 5.97 Å². The first kappa shape index (κ1) is 15.0. The van der Waals surface area contributed by atoms with Crippen LogP contribution in [-0.4, -0.2) is 36.2 Å². The Morgan fingerprint density at radius 3 is 2.72 bits per heavy atom. The van der Waals surface area contributed by atoms with Crippen molar-refractivity contribution in [1.82, 2.24) is 4.90 Å². The van der Waals surface area contributed by atoms with Crippen LogP contribution in [0.4, 0.5) is 0 Å². The molecule has 0 aliphatic heterocycles. The van der Waals surface area contributed by atoms with E-state index < -0.39 is 12.0 Å². The first-order valence-corrected chi connectivity index (χ1v) is 6.54. The molecule has 5 heteroatoms. The molecule has 1 atom stereocenters. The van der Waals surface area contributed by atoms with Gasteiger partial charge in [0.2, 0.25) is 0 Å². The Kier molecular flexibility index (Phi) is 5.62. The number of benzene rings is 1. The zero-order valence-corrected chi connectivity index (χ0v) is 12.4. The molecule has 0 radical (unpaired) electrons. The Morgan fingerprint density at radius 1 is 1.56 bits per heavy atom. The maximum atomic E-state index is 11.1. The summed E-state index contributed by atoms with van der Waals surface area (Å²) in [5.74, 6) is -0.0285. The summed E-state index contributed by atoms with van der Waals surface area (Å²) in [5, 5.41) is 9.12. The van der Waals surface area contributed by atoms with Crippen LogP contribution in [0.2, 0.25) is 0 Å². The molecule has 1 N–H and O–H groups in total. The molecule has 0 saturated carbocycles. The standard InChI is InChI=1S/C13H18BrNO3/c1-4-11(13(16)17)15(2)8-9-7-10(14)5-6-12(9)18-3/h5-7,11H,4,8H2,1-3H3,(H,16,17). The van der Waals surface area contributed by atoms with Gasteiger partial charge in [0, 0.05) is 16.6 Å². The van der Waals surface area contributed by atoms with E-state index in [1.54, 1.807) is 7.11 Å². The van der Waals surface area contributed by atoms with Crippen molar-refractivity contribution in [1.29, 1.82) is 0 Å². The molecular weight excluding hydrogens is 298 g/mol. The van der Waals surface area contributed by atoms with Crippen molar-refractivity contribution in [3.63, 3.8) is 0 Å². The number of hydrogen-bond donors (Lipinski definition) is 1. The molecular formula is C13H18BrNO3. The molecule has 0 spiro atoms. The zero-order valence-electron chi connectivity index (χ0n) is 10.8. The first-order chi connectivity index (χ1) is 8.49. The highest BCUT2D eigenvalue weighted by Gasteiger charge is 2.21. The lowest BCUT2D eigenvalue weighted by atomic mass is 10.1. The largest absolute Gasteiger partial charge is 0.496 e. The highest BCUT2D eigenvalue weighted by Crippen LogP contribution is 2.24. The van der Waals surface area contributed by atoms with Crippen LogP contribution >= 0.6 is 15.9 Å². The third-order valence-corrected chi connectivity index (χ3v) is 3.36. The second kappa shape index (κ2) is 6.75. The molecule has 18 heavy (non-hydrogen) atoms. The first-order valence-electron chi connectivity index (χ1n) is 5.75. The van der Waals surface area contributed by atoms with E-state index in [0.717, 1.165) is 15.8 Å². The van der Waals surface area contributed by atoms with Gasteiger partial charge in [-0.1, -0.05) is 22.9 Å². The molecule has 0 saturated heterocycles. The van der Waals surface area contributed by atoms with Crippen LogP contribution in [0.25, 0.3) is 0 Å². The fourth-order valence-corrected chi connectivity index (χ4v) is 2.33. The zero-order chi connectivity index (χ0) is 13.7. The fraction of sp³-hybridized carbons (Fsp3) is 0.462. The molecule has 0 amide bonds. The number of carboxylic acid groups (broad SMARTS) is 1. The number of methoxy groups -OCH3 is 1. The lowest BCUT2D eigenvalue weighted by molar-refractivity contribution is -0.143. The third kappa shape index (κ3) is 3.71. The van der Waals surface area contributed by atoms with Gasteiger partial charge in [-0.05, 0) is 31.7 Å². The Labute approximate surface area is 116 Å². The van der Waals surface area contributed by atoms with E-state index in [1.807, 2.05) is 37.1 Å². The predicted octanol–water partition coefficient (Wildman–Crippen LogP) is 2.75. The van der Waals surface area contributed by atoms with Crippen LogP contribution < -0.4 is 4.74 Å². The number of halogens is 1. The van der Waals surface area contributed by atoms with E-state index in [2.05, 4.69) is 15.9 Å². The summed E-state index contributed by atoms with van der Waals surface area (Å²) in [6.45, 7) is 2.40. The molecule has 0 aromatic heterocycles. The average molecular weight is 316 g/mol. The summed E-state index contributed by atoms with van der Waals surface area (Å²) in [7, 11) is 3.42. The highest BCUT2D eigenvalue weighted by atomic mass is 79.9. The summed E-state index contributed by atoms with van der Waals surface area (Å²) >= 11 is 3.41. The van der Waals surface area contributed by atoms with E-state index in [-0.39, 0.29) is 0 Å². The molecule has 0 aliphatic carbocycles. The molecule has 0 aliphatic rings. The number of hydrogen-bond acceptors (Lipinski definition) is 3. The maximum absolute atomic E-state index is 11.1. The van der Waals surface area contributed by atoms with E-state index in [9.17, 15) is 4.79 Å². The van der Waals surface area contributed by atoms with Crippen molar-refractivity contribution in [3.8, 4) is 5.75 Å². The minimum Gasteiger partial charge on any atom is -0.496 e. The number of aliphatic carboxylic acids is 1. The van der Waals surface area contributed by atoms with Crippen molar-refractivity contribution in [2.45, 2.75) is 25.9 Å². The molecule has 100 valence electrons. The van der Waals surface area contributed by atoms with Crippen molar-refractivity contribution in [3.05, 3.63) is 28.2 Å². The third-order valence-electron chi connectivity index (χ3n) is 2.87. The van der Waals surface area contributed by atoms with Gasteiger partial charge in [0.1, 0.15) is 11.8 Å². The Bertz CT molecular complexity index is 423. The Balaban J connectivity index is 2.89. The normalized spacial score (nSPS) is 12.5. The van der Waals surface area contributed by atoms with Crippen LogP contribution in [0.15, 0.2) is 22.7 Å². The lowest BCUT2D eigenvalue weighted by Crippen LogP contribution is -2.37. The van der Waals surface area contributed by atoms with Crippen LogP contribution in [0, 0.1) is 0 Å². The number of nitrogens with zero attached hydrogens (tertiary/aromatic N) is 1. The minimum atomic E-state index is -0.797. The topological polar surface area (TPSA) is 49.8 Å². The van der Waals surface area contributed by atoms with Crippen LogP contribution in [0.5, 0.6) is 5.75 Å². The summed E-state index contributed by atoms with van der Waals surface area (Å²) in [6.07, 6.45) is 0.572. The molecule has 4 nitrogen and oxygen atoms in total. The van der Waals surface area contributed by atoms with Gasteiger partial charge in [-0.3, -0.25) is 9.69 Å². The van der Waals surface area contributed by atoms with Crippen LogP contribution in [0.1, 0.15) is 18.9 Å². The molecule has 0 heterocycles. The smallest absolute Gasteiger partial charge is 0.320 e. The SMILES string of the molecule is CCC(C(=O)O)N(C)Cc1cc(Br)ccc1OC. The molecule has 1 aromatic carbocycles. The summed E-state index contributed by atoms with van der Waals surface area (Å²) in [6, 6.07) is 5.24. The Morgan fingerprint density at radius 2 is 2.22 bits per heavy atom. The summed E-state index contributed by atoms with van der Waals surface area (Å²) < 4.78 is 6.23. The van der Waals surface area contributed by atoms with Gasteiger partial charge in [-0.15, -0.1) is 0 Å². The predicted molar refractivity (Wildman–Crippen MR) is 73.9 cm³/mol. The second-order valence-electron chi connectivity index (χ2n) is 4.13. The maximum Gasteiger partial charge on any atom is 0.320 e. The summed E-state index contributed by atoms with van der Waals surface area (Å²) in [5.41, 5.74) is 0.967. The van der Waals surface area contributed by atoms with Gasteiger partial charge in [0.05, 0.1) is 7.11 Å². The van der Waals surface area contributed by atoms with E-state index in [1.165, 1.54) is 0 Å². The number of ether oxygens (including phenoxy) is 1. The monoisotopic (exact) mass is 315 g/mol. The fourth-order valence-electron chi connectivity index (χ4n) is 1.92. The van der Waals surface area contributed by atoms with Crippen LogP contribution in [-0.2, 0) is 11.3 Å². The quantitative estimate of drug-likeness (QED) is 0.877. The molecule has 1 aromatic rings. The van der Waals surface area contributed by atoms with Crippen molar-refractivity contribution in [2.24, 2.45) is 0 Å². The number of carbonyl (C=O) groups is 1. The number of carboxylic acids is 1. The average Bonchev–Trinajstić information content (AvgIpc) is 2.29. The lowest BCUT2D eigenvalue weighted by Gasteiger charge is -2.24. The van der Waals surface area contributed by atoms with Crippen molar-refractivity contribution in [2.75, 3.05) is 14.2 Å². The van der Waals surface area contributed by atoms with E-state index in [0.29, 0.717) is 13.0 Å². The van der Waals surface area contributed by atoms with Crippen LogP contribution in [0.3, 0.4) is 0 Å². The van der Waals surface area contributed by atoms with Crippen molar-refractivity contribution < 1.29 is 14.6 Å². The molecule has 0 fully saturated rings. The number of likely N-dealkylation sites (N-methyl/N-ethyl adjacent to an activating group) is 1. The van der Waals surface area contributed by atoms with Gasteiger partial charge < -0.3 is 9.84 Å². The van der Waals surface area contributed by atoms with Gasteiger partial charge in [0.25, 0.3) is 0 Å².